The first-order chi connectivity index (χ1) is 13.0. The largest absolute Gasteiger partial charge is 0.488 e. The second-order valence-electron chi connectivity index (χ2n) is 8.57. The molecule has 1 fully saturated rings. The molecule has 0 aliphatic carbocycles. The summed E-state index contributed by atoms with van der Waals surface area (Å²) in [6.45, 7) is 9.35. The Labute approximate surface area is 162 Å². The van der Waals surface area contributed by atoms with E-state index >= 15 is 0 Å². The maximum absolute atomic E-state index is 5.95. The monoisotopic (exact) mass is 363 g/mol. The Bertz CT molecular complexity index is 793. The Morgan fingerprint density at radius 2 is 1.81 bits per heavy atom. The number of fused-ring (bicyclic) bond motifs is 1. The van der Waals surface area contributed by atoms with Crippen LogP contribution in [0.25, 0.3) is 0 Å². The van der Waals surface area contributed by atoms with Gasteiger partial charge < -0.3 is 10.2 Å². The van der Waals surface area contributed by atoms with E-state index in [-0.39, 0.29) is 11.6 Å². The fourth-order valence-electron chi connectivity index (χ4n) is 4.00. The van der Waals surface area contributed by atoms with E-state index in [4.69, 9.17) is 4.74 Å². The van der Waals surface area contributed by atoms with E-state index in [2.05, 4.69) is 90.8 Å². The zero-order valence-corrected chi connectivity index (χ0v) is 16.5. The lowest BCUT2D eigenvalue weighted by Gasteiger charge is -2.33. The van der Waals surface area contributed by atoms with Crippen molar-refractivity contribution in [1.29, 1.82) is 0 Å². The summed E-state index contributed by atoms with van der Waals surface area (Å²) >= 11 is 0. The van der Waals surface area contributed by atoms with Crippen LogP contribution in [0.15, 0.2) is 59.7 Å². The van der Waals surface area contributed by atoms with Crippen LogP contribution in [0.5, 0.6) is 5.75 Å². The van der Waals surface area contributed by atoms with Crippen molar-refractivity contribution in [3.8, 4) is 5.75 Å². The number of piperidine rings is 1. The maximum Gasteiger partial charge on any atom is 0.120 e. The molecule has 27 heavy (non-hydrogen) atoms. The van der Waals surface area contributed by atoms with Crippen LogP contribution >= 0.6 is 0 Å². The predicted octanol–water partition coefficient (Wildman–Crippen LogP) is 4.39. The van der Waals surface area contributed by atoms with E-state index in [9.17, 15) is 0 Å². The van der Waals surface area contributed by atoms with Gasteiger partial charge in [-0.3, -0.25) is 4.90 Å². The van der Waals surface area contributed by atoms with Gasteiger partial charge in [0, 0.05) is 37.7 Å². The molecule has 0 spiro atoms. The third-order valence-corrected chi connectivity index (χ3v) is 5.23. The van der Waals surface area contributed by atoms with Gasteiger partial charge in [-0.05, 0) is 44.0 Å². The van der Waals surface area contributed by atoms with Crippen molar-refractivity contribution in [3.63, 3.8) is 0 Å². The highest BCUT2D eigenvalue weighted by atomic mass is 16.5. The number of hydrogen-bond donors (Lipinski definition) is 1. The topological polar surface area (TPSA) is 36.9 Å². The molecule has 2 atom stereocenters. The summed E-state index contributed by atoms with van der Waals surface area (Å²) < 4.78 is 5.95. The summed E-state index contributed by atoms with van der Waals surface area (Å²) in [4.78, 5) is 2.55. The van der Waals surface area contributed by atoms with Gasteiger partial charge in [-0.25, -0.2) is 0 Å². The normalized spacial score (nSPS) is 22.7. The summed E-state index contributed by atoms with van der Waals surface area (Å²) in [6, 6.07) is 19.5. The van der Waals surface area contributed by atoms with Crippen molar-refractivity contribution in [2.24, 2.45) is 11.0 Å². The van der Waals surface area contributed by atoms with E-state index in [0.717, 1.165) is 31.8 Å². The van der Waals surface area contributed by atoms with Crippen LogP contribution in [-0.4, -0.2) is 29.3 Å². The Morgan fingerprint density at radius 3 is 2.52 bits per heavy atom. The fraction of sp³-hybridized carbons (Fsp3) is 0.435. The number of benzene rings is 2. The van der Waals surface area contributed by atoms with Crippen LogP contribution in [0, 0.1) is 5.92 Å². The number of nitrogens with zero attached hydrogens (tertiary/aromatic N) is 2. The molecule has 142 valence electrons. The molecule has 1 N–H and O–H groups in total. The summed E-state index contributed by atoms with van der Waals surface area (Å²) in [7, 11) is 0. The highest BCUT2D eigenvalue weighted by Gasteiger charge is 2.36. The highest BCUT2D eigenvalue weighted by Crippen LogP contribution is 2.34. The van der Waals surface area contributed by atoms with Crippen LogP contribution in [-0.2, 0) is 6.54 Å². The van der Waals surface area contributed by atoms with Crippen LogP contribution in [0.4, 0.5) is 0 Å². The lowest BCUT2D eigenvalue weighted by molar-refractivity contribution is 0.131. The molecule has 2 heterocycles. The molecule has 0 radical (unpaired) electrons. The van der Waals surface area contributed by atoms with Gasteiger partial charge in [0.05, 0.1) is 6.04 Å². The number of ether oxygens (including phenoxy) is 1. The minimum Gasteiger partial charge on any atom is -0.488 e. The second kappa shape index (κ2) is 7.35. The van der Waals surface area contributed by atoms with E-state index in [1.807, 2.05) is 0 Å². The molecule has 4 rings (SSSR count). The zero-order valence-electron chi connectivity index (χ0n) is 16.5. The highest BCUT2D eigenvalue weighted by molar-refractivity contribution is 5.89. The van der Waals surface area contributed by atoms with Crippen molar-refractivity contribution in [2.45, 2.75) is 45.4 Å². The van der Waals surface area contributed by atoms with Crippen molar-refractivity contribution < 1.29 is 4.74 Å². The lowest BCUT2D eigenvalue weighted by atomic mass is 9.86. The Morgan fingerprint density at radius 1 is 1.07 bits per heavy atom. The molecular formula is C23H29N3O. The molecule has 2 unspecified atom stereocenters. The summed E-state index contributed by atoms with van der Waals surface area (Å²) in [5.41, 5.74) is 7.19. The third-order valence-electron chi connectivity index (χ3n) is 5.23. The van der Waals surface area contributed by atoms with Crippen molar-refractivity contribution >= 4 is 5.71 Å². The molecule has 0 bridgehead atoms. The van der Waals surface area contributed by atoms with Gasteiger partial charge in [-0.2, -0.15) is 5.10 Å². The lowest BCUT2D eigenvalue weighted by Crippen LogP contribution is -2.41. The van der Waals surface area contributed by atoms with Crippen molar-refractivity contribution in [1.82, 2.24) is 10.3 Å². The Balaban J connectivity index is 1.44. The Hall–Kier alpha value is -2.33. The number of likely N-dealkylation sites (tertiary alicyclic amines) is 1. The van der Waals surface area contributed by atoms with Gasteiger partial charge in [-0.15, -0.1) is 0 Å². The van der Waals surface area contributed by atoms with Crippen molar-refractivity contribution in [3.05, 3.63) is 65.7 Å². The van der Waals surface area contributed by atoms with Gasteiger partial charge in [-0.1, -0.05) is 42.5 Å². The van der Waals surface area contributed by atoms with E-state index < -0.39 is 0 Å². The van der Waals surface area contributed by atoms with Crippen LogP contribution in [0.1, 0.15) is 44.4 Å². The van der Waals surface area contributed by atoms with E-state index in [1.165, 1.54) is 16.8 Å². The van der Waals surface area contributed by atoms with Crippen LogP contribution in [0.2, 0.25) is 0 Å². The molecule has 1 saturated heterocycles. The van der Waals surface area contributed by atoms with E-state index in [0.29, 0.717) is 5.92 Å². The quantitative estimate of drug-likeness (QED) is 0.875. The first-order valence-corrected chi connectivity index (χ1v) is 9.85. The third kappa shape index (κ3) is 4.33. The summed E-state index contributed by atoms with van der Waals surface area (Å²) in [5.74, 6) is 1.36. The van der Waals surface area contributed by atoms with Gasteiger partial charge in [0.15, 0.2) is 0 Å². The van der Waals surface area contributed by atoms with Gasteiger partial charge in [0.1, 0.15) is 11.4 Å². The molecule has 4 heteroatoms. The number of rotatable bonds is 4. The minimum absolute atomic E-state index is 0.176. The smallest absolute Gasteiger partial charge is 0.120 e. The SMILES string of the molecule is CC(C)(C)Oc1ccc(C2NN=C3CCN(Cc4ccccc4)CC32)cc1. The average Bonchev–Trinajstić information content (AvgIpc) is 3.05. The minimum atomic E-state index is -0.176. The molecule has 2 aromatic carbocycles. The van der Waals surface area contributed by atoms with Crippen molar-refractivity contribution in [2.75, 3.05) is 13.1 Å². The maximum atomic E-state index is 5.95. The molecule has 2 aliphatic heterocycles. The molecule has 2 aliphatic rings. The number of hydrazone groups is 1. The Kier molecular flexibility index (Phi) is 4.92. The molecule has 0 amide bonds. The van der Waals surface area contributed by atoms with Crippen LogP contribution in [0.3, 0.4) is 0 Å². The molecular weight excluding hydrogens is 334 g/mol. The first-order valence-electron chi connectivity index (χ1n) is 9.85. The molecule has 0 aromatic heterocycles. The van der Waals surface area contributed by atoms with Crippen LogP contribution < -0.4 is 10.2 Å². The van der Waals surface area contributed by atoms with Gasteiger partial charge in [0.25, 0.3) is 0 Å². The van der Waals surface area contributed by atoms with E-state index in [1.54, 1.807) is 0 Å². The number of nitrogens with one attached hydrogen (secondary N) is 1. The molecule has 0 saturated carbocycles. The zero-order chi connectivity index (χ0) is 18.9. The number of hydrogen-bond acceptors (Lipinski definition) is 4. The second-order valence-corrected chi connectivity index (χ2v) is 8.57. The average molecular weight is 364 g/mol. The van der Waals surface area contributed by atoms with Gasteiger partial charge in [0.2, 0.25) is 0 Å². The predicted molar refractivity (Wildman–Crippen MR) is 110 cm³/mol. The summed E-state index contributed by atoms with van der Waals surface area (Å²) in [6.07, 6.45) is 1.05. The fourth-order valence-corrected chi connectivity index (χ4v) is 4.00. The summed E-state index contributed by atoms with van der Waals surface area (Å²) in [5, 5.41) is 4.65. The van der Waals surface area contributed by atoms with Gasteiger partial charge >= 0.3 is 0 Å². The first kappa shape index (κ1) is 18.1. The molecule has 4 nitrogen and oxygen atoms in total. The standard InChI is InChI=1S/C23H29N3O/c1-23(2,3)27-19-11-9-18(10-12-19)22-20-16-26(14-13-21(20)24-25-22)15-17-7-5-4-6-8-17/h4-12,20,22,25H,13-16H2,1-3H3. The molecule has 2 aromatic rings.